The summed E-state index contributed by atoms with van der Waals surface area (Å²) in [7, 11) is 4.60. The van der Waals surface area contributed by atoms with Crippen LogP contribution in [0.1, 0.15) is 0 Å². The largest absolute Gasteiger partial charge is 0.493 e. The summed E-state index contributed by atoms with van der Waals surface area (Å²) in [6.45, 7) is 0. The van der Waals surface area contributed by atoms with Crippen LogP contribution >= 0.6 is 0 Å². The standard InChI is InChI=1S/C18H18N2O5/c1-22-13-8-10(9-14(23-2)16(13)24-3)20-15-11-6-4-5-7-12(11)18(21)25-17(15)19/h4-9,20H,19H2,1-3H3. The van der Waals surface area contributed by atoms with Crippen LogP contribution in [0.4, 0.5) is 17.3 Å². The number of nitrogens with one attached hydrogen (secondary N) is 1. The van der Waals surface area contributed by atoms with E-state index in [0.717, 1.165) is 0 Å². The van der Waals surface area contributed by atoms with E-state index in [1.54, 1.807) is 30.3 Å². The third-order valence-electron chi connectivity index (χ3n) is 3.80. The van der Waals surface area contributed by atoms with Gasteiger partial charge in [0.05, 0.1) is 26.7 Å². The van der Waals surface area contributed by atoms with Crippen molar-refractivity contribution in [1.82, 2.24) is 0 Å². The lowest BCUT2D eigenvalue weighted by Gasteiger charge is -2.16. The molecule has 25 heavy (non-hydrogen) atoms. The van der Waals surface area contributed by atoms with E-state index in [4.69, 9.17) is 24.4 Å². The van der Waals surface area contributed by atoms with Crippen LogP contribution in [0.2, 0.25) is 0 Å². The molecule has 3 aromatic rings. The highest BCUT2D eigenvalue weighted by atomic mass is 16.5. The second-order valence-corrected chi connectivity index (χ2v) is 5.21. The highest BCUT2D eigenvalue weighted by Crippen LogP contribution is 2.41. The Morgan fingerprint density at radius 1 is 0.960 bits per heavy atom. The third-order valence-corrected chi connectivity index (χ3v) is 3.80. The Hall–Kier alpha value is -3.35. The van der Waals surface area contributed by atoms with E-state index in [1.165, 1.54) is 21.3 Å². The second kappa shape index (κ2) is 6.64. The van der Waals surface area contributed by atoms with Crippen molar-refractivity contribution >= 4 is 28.0 Å². The summed E-state index contributed by atoms with van der Waals surface area (Å²) in [5, 5.41) is 4.26. The molecule has 3 rings (SSSR count). The lowest BCUT2D eigenvalue weighted by atomic mass is 10.1. The van der Waals surface area contributed by atoms with E-state index in [9.17, 15) is 4.79 Å². The van der Waals surface area contributed by atoms with Crippen LogP contribution in [0, 0.1) is 0 Å². The van der Waals surface area contributed by atoms with Crippen molar-refractivity contribution in [3.63, 3.8) is 0 Å². The molecule has 0 unspecified atom stereocenters. The molecule has 130 valence electrons. The van der Waals surface area contributed by atoms with Crippen molar-refractivity contribution in [2.24, 2.45) is 0 Å². The Morgan fingerprint density at radius 3 is 2.12 bits per heavy atom. The Labute approximate surface area is 143 Å². The maximum Gasteiger partial charge on any atom is 0.345 e. The van der Waals surface area contributed by atoms with Crippen molar-refractivity contribution in [2.75, 3.05) is 32.4 Å². The van der Waals surface area contributed by atoms with Crippen molar-refractivity contribution in [3.8, 4) is 17.2 Å². The zero-order valence-corrected chi connectivity index (χ0v) is 14.1. The van der Waals surface area contributed by atoms with Gasteiger partial charge in [-0.25, -0.2) is 4.79 Å². The molecule has 7 heteroatoms. The minimum Gasteiger partial charge on any atom is -0.493 e. The number of nitrogen functional groups attached to an aromatic ring is 1. The SMILES string of the molecule is COc1cc(Nc2c(N)oc(=O)c3ccccc23)cc(OC)c1OC. The third kappa shape index (κ3) is 2.91. The lowest BCUT2D eigenvalue weighted by molar-refractivity contribution is 0.324. The van der Waals surface area contributed by atoms with Gasteiger partial charge in [-0.3, -0.25) is 0 Å². The summed E-state index contributed by atoms with van der Waals surface area (Å²) in [5.41, 5.74) is 6.56. The summed E-state index contributed by atoms with van der Waals surface area (Å²) in [6, 6.07) is 10.5. The molecule has 0 amide bonds. The van der Waals surface area contributed by atoms with E-state index in [1.807, 2.05) is 6.07 Å². The predicted molar refractivity (Wildman–Crippen MR) is 96.3 cm³/mol. The van der Waals surface area contributed by atoms with Gasteiger partial charge in [-0.05, 0) is 6.07 Å². The van der Waals surface area contributed by atoms with Gasteiger partial charge in [0.15, 0.2) is 11.5 Å². The van der Waals surface area contributed by atoms with Crippen LogP contribution in [0.25, 0.3) is 10.8 Å². The molecule has 1 heterocycles. The zero-order chi connectivity index (χ0) is 18.0. The number of hydrogen-bond donors (Lipinski definition) is 2. The maximum absolute atomic E-state index is 12.0. The first-order valence-corrected chi connectivity index (χ1v) is 7.47. The fraction of sp³-hybridized carbons (Fsp3) is 0.167. The average molecular weight is 342 g/mol. The van der Waals surface area contributed by atoms with Gasteiger partial charge in [0.25, 0.3) is 0 Å². The van der Waals surface area contributed by atoms with Crippen LogP contribution in [-0.2, 0) is 0 Å². The van der Waals surface area contributed by atoms with E-state index in [2.05, 4.69) is 5.32 Å². The van der Waals surface area contributed by atoms with Gasteiger partial charge in [0.2, 0.25) is 11.6 Å². The van der Waals surface area contributed by atoms with Gasteiger partial charge in [-0.15, -0.1) is 0 Å². The molecule has 2 aromatic carbocycles. The molecule has 0 saturated carbocycles. The highest BCUT2D eigenvalue weighted by molar-refractivity contribution is 5.98. The molecule has 0 radical (unpaired) electrons. The van der Waals surface area contributed by atoms with E-state index in [-0.39, 0.29) is 5.88 Å². The number of anilines is 3. The fourth-order valence-corrected chi connectivity index (χ4v) is 2.64. The molecule has 0 aliphatic carbocycles. The maximum atomic E-state index is 12.0. The van der Waals surface area contributed by atoms with Crippen molar-refractivity contribution in [1.29, 1.82) is 0 Å². The zero-order valence-electron chi connectivity index (χ0n) is 14.1. The van der Waals surface area contributed by atoms with Gasteiger partial charge in [0.1, 0.15) is 5.69 Å². The number of fused-ring (bicyclic) bond motifs is 1. The van der Waals surface area contributed by atoms with E-state index in [0.29, 0.717) is 39.4 Å². The Balaban J connectivity index is 2.15. The van der Waals surface area contributed by atoms with Crippen LogP contribution < -0.4 is 30.9 Å². The molecule has 0 spiro atoms. The Kier molecular flexibility index (Phi) is 4.38. The van der Waals surface area contributed by atoms with Gasteiger partial charge in [-0.2, -0.15) is 0 Å². The van der Waals surface area contributed by atoms with Gasteiger partial charge in [0, 0.05) is 23.2 Å². The Morgan fingerprint density at radius 2 is 1.56 bits per heavy atom. The monoisotopic (exact) mass is 342 g/mol. The van der Waals surface area contributed by atoms with Crippen LogP contribution in [0.15, 0.2) is 45.6 Å². The number of nitrogens with two attached hydrogens (primary N) is 1. The molecule has 0 atom stereocenters. The van der Waals surface area contributed by atoms with E-state index < -0.39 is 5.63 Å². The normalized spacial score (nSPS) is 10.5. The second-order valence-electron chi connectivity index (χ2n) is 5.21. The minimum atomic E-state index is -0.483. The summed E-state index contributed by atoms with van der Waals surface area (Å²) >= 11 is 0. The first kappa shape index (κ1) is 16.5. The number of hydrogen-bond acceptors (Lipinski definition) is 7. The average Bonchev–Trinajstić information content (AvgIpc) is 2.64. The first-order valence-electron chi connectivity index (χ1n) is 7.47. The van der Waals surface area contributed by atoms with Gasteiger partial charge >= 0.3 is 5.63 Å². The van der Waals surface area contributed by atoms with Crippen LogP contribution in [0.5, 0.6) is 17.2 Å². The fourth-order valence-electron chi connectivity index (χ4n) is 2.64. The lowest BCUT2D eigenvalue weighted by Crippen LogP contribution is -2.06. The quantitative estimate of drug-likeness (QED) is 0.735. The predicted octanol–water partition coefficient (Wildman–Crippen LogP) is 3.14. The van der Waals surface area contributed by atoms with Gasteiger partial charge < -0.3 is 29.7 Å². The number of benzene rings is 2. The minimum absolute atomic E-state index is 0.00236. The molecule has 0 aliphatic rings. The molecular formula is C18H18N2O5. The van der Waals surface area contributed by atoms with Crippen LogP contribution in [-0.4, -0.2) is 21.3 Å². The highest BCUT2D eigenvalue weighted by Gasteiger charge is 2.16. The molecule has 0 saturated heterocycles. The van der Waals surface area contributed by atoms with Gasteiger partial charge in [-0.1, -0.05) is 18.2 Å². The summed E-state index contributed by atoms with van der Waals surface area (Å²) in [4.78, 5) is 12.0. The van der Waals surface area contributed by atoms with Crippen molar-refractivity contribution in [2.45, 2.75) is 0 Å². The van der Waals surface area contributed by atoms with E-state index >= 15 is 0 Å². The summed E-state index contributed by atoms with van der Waals surface area (Å²) in [5.74, 6) is 1.46. The molecule has 0 bridgehead atoms. The number of ether oxygens (including phenoxy) is 3. The smallest absolute Gasteiger partial charge is 0.345 e. The molecule has 3 N–H and O–H groups in total. The molecule has 1 aromatic heterocycles. The summed E-state index contributed by atoms with van der Waals surface area (Å²) < 4.78 is 21.1. The molecular weight excluding hydrogens is 324 g/mol. The topological polar surface area (TPSA) is 96.0 Å². The first-order chi connectivity index (χ1) is 12.1. The summed E-state index contributed by atoms with van der Waals surface area (Å²) in [6.07, 6.45) is 0. The number of methoxy groups -OCH3 is 3. The van der Waals surface area contributed by atoms with Crippen molar-refractivity contribution < 1.29 is 18.6 Å². The molecule has 7 nitrogen and oxygen atoms in total. The van der Waals surface area contributed by atoms with Crippen molar-refractivity contribution in [3.05, 3.63) is 46.8 Å². The Bertz CT molecular complexity index is 956. The molecule has 0 aliphatic heterocycles. The molecule has 0 fully saturated rings. The van der Waals surface area contributed by atoms with Crippen LogP contribution in [0.3, 0.4) is 0 Å². The number of rotatable bonds is 5.